The van der Waals surface area contributed by atoms with Crippen LogP contribution in [0.1, 0.15) is 31.1 Å². The third kappa shape index (κ3) is 5.26. The number of amides is 1. The Hall–Kier alpha value is -2.06. The summed E-state index contributed by atoms with van der Waals surface area (Å²) in [6.45, 7) is 4.26. The van der Waals surface area contributed by atoms with Crippen molar-refractivity contribution >= 4 is 22.4 Å². The van der Waals surface area contributed by atoms with Crippen LogP contribution in [0.15, 0.2) is 24.3 Å². The maximum atomic E-state index is 12.6. The number of halogens is 2. The van der Waals surface area contributed by atoms with Crippen molar-refractivity contribution in [1.29, 1.82) is 0 Å². The number of rotatable bonds is 7. The zero-order valence-corrected chi connectivity index (χ0v) is 16.9. The van der Waals surface area contributed by atoms with Gasteiger partial charge in [-0.3, -0.25) is 4.79 Å². The van der Waals surface area contributed by atoms with Crippen LogP contribution in [0.2, 0.25) is 0 Å². The van der Waals surface area contributed by atoms with Gasteiger partial charge in [-0.15, -0.1) is 11.3 Å². The highest BCUT2D eigenvalue weighted by Crippen LogP contribution is 2.32. The first kappa shape index (κ1) is 20.7. The number of nitrogens with one attached hydrogen (secondary N) is 1. The van der Waals surface area contributed by atoms with Crippen molar-refractivity contribution in [2.75, 3.05) is 25.0 Å². The van der Waals surface area contributed by atoms with Crippen LogP contribution >= 0.6 is 11.3 Å². The first-order valence-corrected chi connectivity index (χ1v) is 10.3. The summed E-state index contributed by atoms with van der Waals surface area (Å²) in [4.78, 5) is 20.5. The van der Waals surface area contributed by atoms with Crippen LogP contribution in [0.25, 0.3) is 11.3 Å². The lowest BCUT2D eigenvalue weighted by Crippen LogP contribution is -2.38. The van der Waals surface area contributed by atoms with E-state index < -0.39 is 6.61 Å². The summed E-state index contributed by atoms with van der Waals surface area (Å²) in [5.74, 6) is 0.151. The zero-order chi connectivity index (χ0) is 20.1. The van der Waals surface area contributed by atoms with E-state index in [1.807, 2.05) is 6.92 Å². The van der Waals surface area contributed by atoms with Crippen molar-refractivity contribution in [2.24, 2.45) is 5.92 Å². The summed E-state index contributed by atoms with van der Waals surface area (Å²) in [5.41, 5.74) is 1.53. The Morgan fingerprint density at radius 3 is 2.61 bits per heavy atom. The fourth-order valence-corrected chi connectivity index (χ4v) is 4.29. The number of aromatic nitrogens is 1. The summed E-state index contributed by atoms with van der Waals surface area (Å²) >= 11 is 1.42. The Morgan fingerprint density at radius 1 is 1.32 bits per heavy atom. The number of ether oxygens (including phenoxy) is 1. The van der Waals surface area contributed by atoms with E-state index in [1.165, 1.54) is 23.5 Å². The Kier molecular flexibility index (Phi) is 6.96. The van der Waals surface area contributed by atoms with E-state index in [9.17, 15) is 13.6 Å². The van der Waals surface area contributed by atoms with Crippen molar-refractivity contribution in [3.05, 3.63) is 29.1 Å². The summed E-state index contributed by atoms with van der Waals surface area (Å²) in [5, 5.41) is 3.52. The van der Waals surface area contributed by atoms with Gasteiger partial charge in [-0.1, -0.05) is 6.92 Å². The van der Waals surface area contributed by atoms with E-state index >= 15 is 0 Å². The Labute approximate surface area is 167 Å². The van der Waals surface area contributed by atoms with Crippen LogP contribution in [-0.2, 0) is 4.79 Å². The van der Waals surface area contributed by atoms with Crippen molar-refractivity contribution in [2.45, 2.75) is 39.7 Å². The van der Waals surface area contributed by atoms with Gasteiger partial charge in [-0.05, 0) is 70.1 Å². The normalized spacial score (nSPS) is 15.8. The van der Waals surface area contributed by atoms with Gasteiger partial charge >= 0.3 is 6.61 Å². The molecule has 2 aromatic rings. The molecule has 3 rings (SSSR count). The molecule has 1 fully saturated rings. The molecular formula is C20H25F2N3O2S. The number of carbonyl (C=O) groups is 1. The van der Waals surface area contributed by atoms with Crippen molar-refractivity contribution in [1.82, 2.24) is 9.88 Å². The Bertz CT molecular complexity index is 787. The largest absolute Gasteiger partial charge is 0.435 e. The van der Waals surface area contributed by atoms with E-state index in [0.29, 0.717) is 5.13 Å². The molecule has 0 bridgehead atoms. The molecule has 2 heterocycles. The second kappa shape index (κ2) is 9.43. The van der Waals surface area contributed by atoms with Gasteiger partial charge in [-0.25, -0.2) is 4.98 Å². The molecule has 1 saturated heterocycles. The minimum atomic E-state index is -2.84. The lowest BCUT2D eigenvalue weighted by molar-refractivity contribution is -0.121. The average Bonchev–Trinajstić information content (AvgIpc) is 3.03. The summed E-state index contributed by atoms with van der Waals surface area (Å²) < 4.78 is 28.9. The van der Waals surface area contributed by atoms with Gasteiger partial charge in [0.25, 0.3) is 0 Å². The molecule has 1 aliphatic rings. The standard InChI is InChI=1S/C20H25F2N3O2S/c1-3-10-25-11-8-15(9-12-25)18(26)24-20-23-17(13(2)28-20)14-4-6-16(7-5-14)27-19(21)22/h4-7,15,19H,3,8-12H2,1-2H3,(H,23,24,26). The number of nitrogens with zero attached hydrogens (tertiary/aromatic N) is 2. The van der Waals surface area contributed by atoms with Gasteiger partial charge in [0, 0.05) is 16.4 Å². The molecule has 1 N–H and O–H groups in total. The molecule has 1 amide bonds. The molecule has 8 heteroatoms. The number of thiazole rings is 1. The highest BCUT2D eigenvalue weighted by molar-refractivity contribution is 7.16. The second-order valence-electron chi connectivity index (χ2n) is 6.93. The number of carbonyl (C=O) groups excluding carboxylic acids is 1. The molecule has 1 aromatic heterocycles. The maximum Gasteiger partial charge on any atom is 0.387 e. The minimum Gasteiger partial charge on any atom is -0.435 e. The summed E-state index contributed by atoms with van der Waals surface area (Å²) in [6, 6.07) is 6.36. The van der Waals surface area contributed by atoms with Crippen molar-refractivity contribution in [3.63, 3.8) is 0 Å². The highest BCUT2D eigenvalue weighted by atomic mass is 32.1. The zero-order valence-electron chi connectivity index (χ0n) is 16.1. The van der Waals surface area contributed by atoms with E-state index in [-0.39, 0.29) is 17.6 Å². The number of hydrogen-bond donors (Lipinski definition) is 1. The Morgan fingerprint density at radius 2 is 2.00 bits per heavy atom. The number of hydrogen-bond acceptors (Lipinski definition) is 5. The van der Waals surface area contributed by atoms with E-state index in [4.69, 9.17) is 0 Å². The highest BCUT2D eigenvalue weighted by Gasteiger charge is 2.25. The second-order valence-corrected chi connectivity index (χ2v) is 8.14. The quantitative estimate of drug-likeness (QED) is 0.715. The van der Waals surface area contributed by atoms with Crippen LogP contribution in [0, 0.1) is 12.8 Å². The van der Waals surface area contributed by atoms with Gasteiger partial charge in [0.15, 0.2) is 5.13 Å². The fraction of sp³-hybridized carbons (Fsp3) is 0.500. The van der Waals surface area contributed by atoms with Gasteiger partial charge < -0.3 is 15.0 Å². The van der Waals surface area contributed by atoms with E-state index in [2.05, 4.69) is 26.9 Å². The summed E-state index contributed by atoms with van der Waals surface area (Å²) in [6.07, 6.45) is 2.87. The number of benzene rings is 1. The van der Waals surface area contributed by atoms with Gasteiger partial charge in [0.2, 0.25) is 5.91 Å². The first-order chi connectivity index (χ1) is 13.5. The first-order valence-electron chi connectivity index (χ1n) is 9.52. The maximum absolute atomic E-state index is 12.6. The average molecular weight is 410 g/mol. The van der Waals surface area contributed by atoms with Crippen LogP contribution in [-0.4, -0.2) is 42.0 Å². The molecule has 5 nitrogen and oxygen atoms in total. The lowest BCUT2D eigenvalue weighted by atomic mass is 9.96. The lowest BCUT2D eigenvalue weighted by Gasteiger charge is -2.30. The molecular weight excluding hydrogens is 384 g/mol. The fourth-order valence-electron chi connectivity index (χ4n) is 3.45. The smallest absolute Gasteiger partial charge is 0.387 e. The molecule has 0 radical (unpaired) electrons. The topological polar surface area (TPSA) is 54.5 Å². The predicted octanol–water partition coefficient (Wildman–Crippen LogP) is 4.78. The van der Waals surface area contributed by atoms with Gasteiger partial charge in [0.05, 0.1) is 5.69 Å². The molecule has 1 aromatic carbocycles. The molecule has 0 spiro atoms. The molecule has 0 saturated carbocycles. The third-order valence-electron chi connectivity index (χ3n) is 4.88. The number of likely N-dealkylation sites (tertiary alicyclic amines) is 1. The van der Waals surface area contributed by atoms with Crippen molar-refractivity contribution in [3.8, 4) is 17.0 Å². The molecule has 152 valence electrons. The predicted molar refractivity (Wildman–Crippen MR) is 107 cm³/mol. The molecule has 1 aliphatic heterocycles. The van der Waals surface area contributed by atoms with E-state index in [0.717, 1.165) is 55.0 Å². The van der Waals surface area contributed by atoms with E-state index in [1.54, 1.807) is 12.1 Å². The summed E-state index contributed by atoms with van der Waals surface area (Å²) in [7, 11) is 0. The number of alkyl halides is 2. The third-order valence-corrected chi connectivity index (χ3v) is 5.76. The monoisotopic (exact) mass is 409 g/mol. The number of anilines is 1. The van der Waals surface area contributed by atoms with Crippen LogP contribution in [0.3, 0.4) is 0 Å². The van der Waals surface area contributed by atoms with Crippen molar-refractivity contribution < 1.29 is 18.3 Å². The van der Waals surface area contributed by atoms with Gasteiger partial charge in [0.1, 0.15) is 5.75 Å². The Balaban J connectivity index is 1.61. The minimum absolute atomic E-state index is 0.0199. The van der Waals surface area contributed by atoms with Gasteiger partial charge in [-0.2, -0.15) is 8.78 Å². The molecule has 0 aliphatic carbocycles. The molecule has 28 heavy (non-hydrogen) atoms. The SMILES string of the molecule is CCCN1CCC(C(=O)Nc2nc(-c3ccc(OC(F)F)cc3)c(C)s2)CC1. The molecule has 0 atom stereocenters. The number of aryl methyl sites for hydroxylation is 1. The van der Waals surface area contributed by atoms with Crippen LogP contribution < -0.4 is 10.1 Å². The van der Waals surface area contributed by atoms with Crippen LogP contribution in [0.4, 0.5) is 13.9 Å². The molecule has 0 unspecified atom stereocenters. The van der Waals surface area contributed by atoms with Crippen LogP contribution in [0.5, 0.6) is 5.75 Å². The number of piperidine rings is 1.